The highest BCUT2D eigenvalue weighted by Gasteiger charge is 2.16. The van der Waals surface area contributed by atoms with Crippen molar-refractivity contribution in [2.75, 3.05) is 0 Å². The zero-order valence-corrected chi connectivity index (χ0v) is 11.2. The molecule has 1 fully saturated rings. The lowest BCUT2D eigenvalue weighted by Crippen LogP contribution is -2.10. The second kappa shape index (κ2) is 5.82. The summed E-state index contributed by atoms with van der Waals surface area (Å²) in [7, 11) is 0. The van der Waals surface area contributed by atoms with E-state index in [1.54, 1.807) is 12.1 Å². The molecule has 2 aromatic rings. The molecule has 1 aliphatic rings. The fraction of sp³-hybridized carbons (Fsp3) is 0.312. The number of ether oxygens (including phenoxy) is 1. The Balaban J connectivity index is 1.72. The Labute approximate surface area is 117 Å². The standard InChI is InChI=1S/C16H16N2O2/c19-11-13-7-10-16(18-17-13)12-5-8-15(9-6-12)20-14-3-1-2-4-14/h5-11,14H,1-4H2. The average molecular weight is 268 g/mol. The summed E-state index contributed by atoms with van der Waals surface area (Å²) in [6.07, 6.45) is 5.89. The molecule has 1 aromatic heterocycles. The number of hydrogen-bond donors (Lipinski definition) is 0. The molecule has 20 heavy (non-hydrogen) atoms. The molecule has 0 aliphatic heterocycles. The molecule has 0 spiro atoms. The first kappa shape index (κ1) is 12.8. The van der Waals surface area contributed by atoms with Gasteiger partial charge < -0.3 is 4.74 Å². The van der Waals surface area contributed by atoms with E-state index in [1.807, 2.05) is 24.3 Å². The first-order valence-corrected chi connectivity index (χ1v) is 6.91. The molecule has 3 rings (SSSR count). The van der Waals surface area contributed by atoms with Gasteiger partial charge in [0.1, 0.15) is 11.4 Å². The van der Waals surface area contributed by atoms with Gasteiger partial charge in [0, 0.05) is 5.56 Å². The molecule has 1 saturated carbocycles. The highest BCUT2D eigenvalue weighted by atomic mass is 16.5. The molecule has 1 aromatic carbocycles. The van der Waals surface area contributed by atoms with Crippen LogP contribution in [-0.2, 0) is 0 Å². The summed E-state index contributed by atoms with van der Waals surface area (Å²) in [6.45, 7) is 0. The lowest BCUT2D eigenvalue weighted by atomic mass is 10.1. The molecule has 4 heteroatoms. The molecule has 0 saturated heterocycles. The number of aromatic nitrogens is 2. The first-order chi connectivity index (χ1) is 9.85. The number of hydrogen-bond acceptors (Lipinski definition) is 4. The molecule has 0 radical (unpaired) electrons. The van der Waals surface area contributed by atoms with Gasteiger partial charge >= 0.3 is 0 Å². The lowest BCUT2D eigenvalue weighted by Gasteiger charge is -2.13. The van der Waals surface area contributed by atoms with Crippen LogP contribution >= 0.6 is 0 Å². The quantitative estimate of drug-likeness (QED) is 0.798. The van der Waals surface area contributed by atoms with Gasteiger partial charge in [0.05, 0.1) is 11.8 Å². The van der Waals surface area contributed by atoms with E-state index < -0.39 is 0 Å². The van der Waals surface area contributed by atoms with Crippen LogP contribution < -0.4 is 4.74 Å². The lowest BCUT2D eigenvalue weighted by molar-refractivity contribution is 0.111. The van der Waals surface area contributed by atoms with Crippen molar-refractivity contribution in [2.45, 2.75) is 31.8 Å². The molecule has 0 bridgehead atoms. The Bertz CT molecular complexity index is 572. The van der Waals surface area contributed by atoms with E-state index in [4.69, 9.17) is 4.74 Å². The Hall–Kier alpha value is -2.23. The van der Waals surface area contributed by atoms with E-state index in [2.05, 4.69) is 10.2 Å². The van der Waals surface area contributed by atoms with Crippen LogP contribution in [0.15, 0.2) is 36.4 Å². The van der Waals surface area contributed by atoms with Crippen LogP contribution in [0, 0.1) is 0 Å². The Morgan fingerprint density at radius 3 is 2.35 bits per heavy atom. The second-order valence-electron chi connectivity index (χ2n) is 5.01. The number of rotatable bonds is 4. The Kier molecular flexibility index (Phi) is 3.72. The Morgan fingerprint density at radius 2 is 1.75 bits per heavy atom. The maximum atomic E-state index is 10.5. The van der Waals surface area contributed by atoms with Crippen LogP contribution in [0.3, 0.4) is 0 Å². The molecule has 102 valence electrons. The zero-order chi connectivity index (χ0) is 13.8. The maximum Gasteiger partial charge on any atom is 0.170 e. The van der Waals surface area contributed by atoms with E-state index >= 15 is 0 Å². The van der Waals surface area contributed by atoms with Crippen molar-refractivity contribution in [3.63, 3.8) is 0 Å². The van der Waals surface area contributed by atoms with Crippen molar-refractivity contribution in [2.24, 2.45) is 0 Å². The summed E-state index contributed by atoms with van der Waals surface area (Å²) >= 11 is 0. The molecule has 0 unspecified atom stereocenters. The molecule has 0 N–H and O–H groups in total. The van der Waals surface area contributed by atoms with E-state index in [0.717, 1.165) is 29.8 Å². The predicted octanol–water partition coefficient (Wildman–Crippen LogP) is 3.28. The molecule has 0 amide bonds. The summed E-state index contributed by atoms with van der Waals surface area (Å²) in [5.74, 6) is 0.901. The van der Waals surface area contributed by atoms with Crippen molar-refractivity contribution >= 4 is 6.29 Å². The van der Waals surface area contributed by atoms with Gasteiger partial charge in [-0.25, -0.2) is 0 Å². The Morgan fingerprint density at radius 1 is 1.00 bits per heavy atom. The average Bonchev–Trinajstić information content (AvgIpc) is 3.01. The van der Waals surface area contributed by atoms with Crippen molar-refractivity contribution in [3.8, 4) is 17.0 Å². The molecule has 0 atom stereocenters. The van der Waals surface area contributed by atoms with E-state index in [9.17, 15) is 4.79 Å². The summed E-state index contributed by atoms with van der Waals surface area (Å²) < 4.78 is 5.92. The fourth-order valence-electron chi connectivity index (χ4n) is 2.46. The van der Waals surface area contributed by atoms with Crippen LogP contribution in [-0.4, -0.2) is 22.6 Å². The molecular formula is C16H16N2O2. The van der Waals surface area contributed by atoms with Crippen LogP contribution in [0.25, 0.3) is 11.3 Å². The minimum Gasteiger partial charge on any atom is -0.490 e. The van der Waals surface area contributed by atoms with E-state index in [0.29, 0.717) is 18.1 Å². The number of carbonyl (C=O) groups is 1. The number of aldehydes is 1. The largest absolute Gasteiger partial charge is 0.490 e. The smallest absolute Gasteiger partial charge is 0.170 e. The molecular weight excluding hydrogens is 252 g/mol. The van der Waals surface area contributed by atoms with E-state index in [-0.39, 0.29) is 0 Å². The minimum atomic E-state index is 0.343. The van der Waals surface area contributed by atoms with Gasteiger partial charge in [-0.2, -0.15) is 0 Å². The summed E-state index contributed by atoms with van der Waals surface area (Å²) in [5, 5.41) is 7.86. The number of benzene rings is 1. The second-order valence-corrected chi connectivity index (χ2v) is 5.01. The molecule has 1 aliphatic carbocycles. The molecule has 1 heterocycles. The van der Waals surface area contributed by atoms with Crippen LogP contribution in [0.4, 0.5) is 0 Å². The van der Waals surface area contributed by atoms with Gasteiger partial charge in [0.25, 0.3) is 0 Å². The maximum absolute atomic E-state index is 10.5. The van der Waals surface area contributed by atoms with Gasteiger partial charge in [0.2, 0.25) is 0 Å². The monoisotopic (exact) mass is 268 g/mol. The highest BCUT2D eigenvalue weighted by molar-refractivity contribution is 5.72. The summed E-state index contributed by atoms with van der Waals surface area (Å²) in [6, 6.07) is 11.3. The number of carbonyl (C=O) groups excluding carboxylic acids is 1. The van der Waals surface area contributed by atoms with Crippen LogP contribution in [0.5, 0.6) is 5.75 Å². The van der Waals surface area contributed by atoms with Crippen molar-refractivity contribution in [1.82, 2.24) is 10.2 Å². The summed E-state index contributed by atoms with van der Waals surface area (Å²) in [5.41, 5.74) is 2.06. The topological polar surface area (TPSA) is 52.1 Å². The van der Waals surface area contributed by atoms with E-state index in [1.165, 1.54) is 12.8 Å². The fourth-order valence-corrected chi connectivity index (χ4v) is 2.46. The highest BCUT2D eigenvalue weighted by Crippen LogP contribution is 2.26. The van der Waals surface area contributed by atoms with Gasteiger partial charge in [-0.15, -0.1) is 10.2 Å². The first-order valence-electron chi connectivity index (χ1n) is 6.91. The SMILES string of the molecule is O=Cc1ccc(-c2ccc(OC3CCCC3)cc2)nn1. The zero-order valence-electron chi connectivity index (χ0n) is 11.2. The van der Waals surface area contributed by atoms with Crippen molar-refractivity contribution in [1.29, 1.82) is 0 Å². The van der Waals surface area contributed by atoms with Crippen LogP contribution in [0.1, 0.15) is 36.2 Å². The predicted molar refractivity (Wildman–Crippen MR) is 75.7 cm³/mol. The van der Waals surface area contributed by atoms with Gasteiger partial charge in [0.15, 0.2) is 6.29 Å². The normalized spacial score (nSPS) is 15.2. The van der Waals surface area contributed by atoms with Gasteiger partial charge in [-0.1, -0.05) is 0 Å². The molecule has 4 nitrogen and oxygen atoms in total. The third kappa shape index (κ3) is 2.85. The van der Waals surface area contributed by atoms with Crippen molar-refractivity contribution < 1.29 is 9.53 Å². The van der Waals surface area contributed by atoms with Crippen LogP contribution in [0.2, 0.25) is 0 Å². The third-order valence-electron chi connectivity index (χ3n) is 3.56. The summed E-state index contributed by atoms with van der Waals surface area (Å²) in [4.78, 5) is 10.5. The minimum absolute atomic E-state index is 0.343. The third-order valence-corrected chi connectivity index (χ3v) is 3.56. The number of nitrogens with zero attached hydrogens (tertiary/aromatic N) is 2. The van der Waals surface area contributed by atoms with Gasteiger partial charge in [-0.05, 0) is 62.1 Å². The van der Waals surface area contributed by atoms with Gasteiger partial charge in [-0.3, -0.25) is 4.79 Å². The van der Waals surface area contributed by atoms with Crippen molar-refractivity contribution in [3.05, 3.63) is 42.1 Å².